The third kappa shape index (κ3) is 5.02. The van der Waals surface area contributed by atoms with Crippen LogP contribution >= 0.6 is 11.3 Å². The Morgan fingerprint density at radius 3 is 2.88 bits per heavy atom. The molecule has 0 aliphatic carbocycles. The molecule has 0 radical (unpaired) electrons. The van der Waals surface area contributed by atoms with E-state index < -0.39 is 0 Å². The van der Waals surface area contributed by atoms with Crippen molar-refractivity contribution < 1.29 is 9.53 Å². The van der Waals surface area contributed by atoms with Crippen LogP contribution in [-0.4, -0.2) is 55.7 Å². The molecule has 1 aromatic rings. The van der Waals surface area contributed by atoms with Gasteiger partial charge >= 0.3 is 0 Å². The average molecular weight is 352 g/mol. The highest BCUT2D eigenvalue weighted by Gasteiger charge is 2.31. The summed E-state index contributed by atoms with van der Waals surface area (Å²) in [6, 6.07) is 4.87. The molecule has 24 heavy (non-hydrogen) atoms. The number of hydrogen-bond acceptors (Lipinski definition) is 5. The zero-order valence-corrected chi connectivity index (χ0v) is 15.1. The third-order valence-electron chi connectivity index (χ3n) is 5.14. The van der Waals surface area contributed by atoms with E-state index in [1.54, 1.807) is 11.3 Å². The molecule has 1 aromatic heterocycles. The molecule has 2 aliphatic heterocycles. The summed E-state index contributed by atoms with van der Waals surface area (Å²) in [7, 11) is 0. The van der Waals surface area contributed by atoms with Crippen molar-refractivity contribution in [2.75, 3.05) is 32.8 Å². The van der Waals surface area contributed by atoms with Gasteiger partial charge in [-0.1, -0.05) is 6.07 Å². The van der Waals surface area contributed by atoms with Gasteiger partial charge in [0.05, 0.1) is 5.92 Å². The first-order chi connectivity index (χ1) is 11.7. The van der Waals surface area contributed by atoms with E-state index in [0.29, 0.717) is 6.04 Å². The van der Waals surface area contributed by atoms with Crippen LogP contribution in [0.25, 0.3) is 0 Å². The number of thiophene rings is 1. The maximum Gasteiger partial charge on any atom is 0.224 e. The number of carbonyl (C=O) groups excluding carboxylic acids is 1. The molecule has 1 amide bonds. The van der Waals surface area contributed by atoms with Gasteiger partial charge in [-0.2, -0.15) is 0 Å². The number of likely N-dealkylation sites (tertiary alicyclic amines) is 1. The summed E-state index contributed by atoms with van der Waals surface area (Å²) in [6.45, 7) is 4.12. The number of nitrogens with one attached hydrogen (secondary N) is 1. The lowest BCUT2D eigenvalue weighted by molar-refractivity contribution is -0.125. The van der Waals surface area contributed by atoms with Crippen molar-refractivity contribution in [1.82, 2.24) is 10.2 Å². The van der Waals surface area contributed by atoms with E-state index in [0.717, 1.165) is 65.0 Å². The van der Waals surface area contributed by atoms with Crippen molar-refractivity contribution in [3.05, 3.63) is 22.4 Å². The van der Waals surface area contributed by atoms with E-state index in [9.17, 15) is 4.79 Å². The van der Waals surface area contributed by atoms with E-state index in [4.69, 9.17) is 10.5 Å². The van der Waals surface area contributed by atoms with Crippen LogP contribution in [0.2, 0.25) is 0 Å². The van der Waals surface area contributed by atoms with Crippen molar-refractivity contribution in [2.45, 2.75) is 44.2 Å². The van der Waals surface area contributed by atoms with E-state index in [1.807, 2.05) is 0 Å². The first kappa shape index (κ1) is 17.9. The van der Waals surface area contributed by atoms with Gasteiger partial charge in [0.15, 0.2) is 0 Å². The van der Waals surface area contributed by atoms with Crippen molar-refractivity contribution in [1.29, 1.82) is 0 Å². The number of nitrogens with two attached hydrogens (primary N) is 1. The number of carbonyl (C=O) groups is 1. The Hall–Kier alpha value is -0.950. The van der Waals surface area contributed by atoms with Crippen LogP contribution in [0.5, 0.6) is 0 Å². The molecular weight excluding hydrogens is 322 g/mol. The fourth-order valence-corrected chi connectivity index (χ4v) is 4.44. The second-order valence-electron chi connectivity index (χ2n) is 6.95. The molecule has 0 spiro atoms. The zero-order chi connectivity index (χ0) is 16.8. The summed E-state index contributed by atoms with van der Waals surface area (Å²) >= 11 is 1.75. The number of rotatable bonds is 5. The maximum absolute atomic E-state index is 12.6. The van der Waals surface area contributed by atoms with Gasteiger partial charge in [0.1, 0.15) is 0 Å². The van der Waals surface area contributed by atoms with Crippen molar-refractivity contribution in [2.24, 2.45) is 11.7 Å². The minimum atomic E-state index is 0.0599. The van der Waals surface area contributed by atoms with Gasteiger partial charge in [0.25, 0.3) is 0 Å². The molecule has 3 N–H and O–H groups in total. The molecule has 0 bridgehead atoms. The topological polar surface area (TPSA) is 67.6 Å². The Balaban J connectivity index is 1.51. The maximum atomic E-state index is 12.6. The van der Waals surface area contributed by atoms with Crippen LogP contribution in [0, 0.1) is 5.92 Å². The van der Waals surface area contributed by atoms with Crippen LogP contribution in [0.1, 0.15) is 30.6 Å². The molecule has 0 unspecified atom stereocenters. The summed E-state index contributed by atoms with van der Waals surface area (Å²) in [5.74, 6) is 0.252. The van der Waals surface area contributed by atoms with Crippen molar-refractivity contribution in [3.63, 3.8) is 0 Å². The summed E-state index contributed by atoms with van der Waals surface area (Å²) in [4.78, 5) is 16.4. The summed E-state index contributed by atoms with van der Waals surface area (Å²) < 4.78 is 5.48. The summed E-state index contributed by atoms with van der Waals surface area (Å²) in [5, 5.41) is 5.21. The highest BCUT2D eigenvalue weighted by molar-refractivity contribution is 7.09. The second-order valence-corrected chi connectivity index (χ2v) is 7.98. The van der Waals surface area contributed by atoms with Gasteiger partial charge in [0.2, 0.25) is 5.91 Å². The van der Waals surface area contributed by atoms with Gasteiger partial charge in [-0.25, -0.2) is 0 Å². The Morgan fingerprint density at radius 1 is 1.29 bits per heavy atom. The summed E-state index contributed by atoms with van der Waals surface area (Å²) in [6.07, 6.45) is 4.85. The molecule has 0 saturated carbocycles. The SMILES string of the molecule is N[C@H]1CC[C@@H](C(=O)NCCc2cccs2)CN(C2CCOCC2)C1. The molecular formula is C18H29N3O2S. The Bertz CT molecular complexity index is 502. The van der Waals surface area contributed by atoms with E-state index in [1.165, 1.54) is 4.88 Å². The Morgan fingerprint density at radius 2 is 2.12 bits per heavy atom. The molecule has 2 fully saturated rings. The molecule has 2 aliphatic rings. The standard InChI is InChI=1S/C18H29N3O2S/c19-15-4-3-14(12-21(13-15)16-6-9-23-10-7-16)18(22)20-8-5-17-2-1-11-24-17/h1-2,11,14-16H,3-10,12-13,19H2,(H,20,22)/t14-,15+/m1/s1. The highest BCUT2D eigenvalue weighted by atomic mass is 32.1. The van der Waals surface area contributed by atoms with E-state index >= 15 is 0 Å². The minimum absolute atomic E-state index is 0.0599. The first-order valence-electron chi connectivity index (χ1n) is 9.10. The summed E-state index contributed by atoms with van der Waals surface area (Å²) in [5.41, 5.74) is 6.26. The fraction of sp³-hybridized carbons (Fsp3) is 0.722. The van der Waals surface area contributed by atoms with Crippen LogP contribution in [0.4, 0.5) is 0 Å². The molecule has 3 rings (SSSR count). The lowest BCUT2D eigenvalue weighted by Gasteiger charge is -2.35. The number of ether oxygens (including phenoxy) is 1. The molecule has 3 heterocycles. The monoisotopic (exact) mass is 351 g/mol. The van der Waals surface area contributed by atoms with Gasteiger partial charge in [-0.15, -0.1) is 11.3 Å². The molecule has 0 aromatic carbocycles. The molecule has 2 saturated heterocycles. The van der Waals surface area contributed by atoms with Gasteiger partial charge in [-0.05, 0) is 43.6 Å². The van der Waals surface area contributed by atoms with Gasteiger partial charge < -0.3 is 15.8 Å². The lowest BCUT2D eigenvalue weighted by atomic mass is 10.0. The molecule has 2 atom stereocenters. The van der Waals surface area contributed by atoms with Crippen LogP contribution in [0.3, 0.4) is 0 Å². The second kappa shape index (κ2) is 8.94. The van der Waals surface area contributed by atoms with E-state index in [2.05, 4.69) is 27.7 Å². The molecule has 6 heteroatoms. The van der Waals surface area contributed by atoms with Crippen LogP contribution in [0.15, 0.2) is 17.5 Å². The van der Waals surface area contributed by atoms with Gasteiger partial charge in [0, 0.05) is 49.8 Å². The zero-order valence-electron chi connectivity index (χ0n) is 14.3. The number of hydrogen-bond donors (Lipinski definition) is 2. The Kier molecular flexibility index (Phi) is 6.66. The number of nitrogens with zero attached hydrogens (tertiary/aromatic N) is 1. The minimum Gasteiger partial charge on any atom is -0.381 e. The molecule has 134 valence electrons. The molecule has 5 nitrogen and oxygen atoms in total. The van der Waals surface area contributed by atoms with Crippen LogP contribution in [-0.2, 0) is 16.0 Å². The van der Waals surface area contributed by atoms with Crippen molar-refractivity contribution >= 4 is 17.2 Å². The first-order valence-corrected chi connectivity index (χ1v) is 9.98. The highest BCUT2D eigenvalue weighted by Crippen LogP contribution is 2.22. The fourth-order valence-electron chi connectivity index (χ4n) is 3.73. The largest absolute Gasteiger partial charge is 0.381 e. The van der Waals surface area contributed by atoms with Crippen LogP contribution < -0.4 is 11.1 Å². The van der Waals surface area contributed by atoms with E-state index in [-0.39, 0.29) is 17.9 Å². The third-order valence-corrected chi connectivity index (χ3v) is 6.07. The van der Waals surface area contributed by atoms with Crippen molar-refractivity contribution in [3.8, 4) is 0 Å². The number of amides is 1. The average Bonchev–Trinajstić information content (AvgIpc) is 3.03. The predicted molar refractivity (Wildman–Crippen MR) is 97.1 cm³/mol. The van der Waals surface area contributed by atoms with Gasteiger partial charge in [-0.3, -0.25) is 9.69 Å². The smallest absolute Gasteiger partial charge is 0.224 e. The Labute approximate surface area is 148 Å². The quantitative estimate of drug-likeness (QED) is 0.846. The lowest BCUT2D eigenvalue weighted by Crippen LogP contribution is -2.47. The predicted octanol–water partition coefficient (Wildman–Crippen LogP) is 1.63. The normalized spacial score (nSPS) is 26.9.